The molecule has 1 saturated carbocycles. The molecule has 3 rings (SSSR count). The fraction of sp³-hybridized carbons (Fsp3) is 0.556. The molecule has 1 aliphatic rings. The number of benzene rings is 2. The van der Waals surface area contributed by atoms with Crippen molar-refractivity contribution >= 4 is 34.4 Å². The van der Waals surface area contributed by atoms with Gasteiger partial charge in [-0.2, -0.15) is 0 Å². The van der Waals surface area contributed by atoms with Crippen molar-refractivity contribution in [3.8, 4) is 0 Å². The van der Waals surface area contributed by atoms with Crippen molar-refractivity contribution in [2.75, 3.05) is 6.16 Å². The summed E-state index contributed by atoms with van der Waals surface area (Å²) >= 11 is 0. The van der Waals surface area contributed by atoms with Gasteiger partial charge in [0.1, 0.15) is 7.14 Å². The van der Waals surface area contributed by atoms with Crippen molar-refractivity contribution in [2.45, 2.75) is 123 Å². The Bertz CT molecular complexity index is 1180. The molecular weight excluding hydrogens is 568 g/mol. The van der Waals surface area contributed by atoms with Gasteiger partial charge in [0.05, 0.1) is 12.2 Å². The largest absolute Gasteiger partial charge is 0.410 e. The Kier molecular flexibility index (Phi) is 11.4. The molecular formula is C36H57O3PSi2. The molecule has 2 aromatic carbocycles. The van der Waals surface area contributed by atoms with Crippen molar-refractivity contribution in [1.29, 1.82) is 0 Å². The van der Waals surface area contributed by atoms with Crippen LogP contribution in [0.4, 0.5) is 0 Å². The molecule has 0 unspecified atom stereocenters. The molecule has 0 bridgehead atoms. The highest BCUT2D eigenvalue weighted by molar-refractivity contribution is 7.78. The van der Waals surface area contributed by atoms with E-state index in [0.29, 0.717) is 6.16 Å². The summed E-state index contributed by atoms with van der Waals surface area (Å²) in [6.07, 6.45) is 8.98. The van der Waals surface area contributed by atoms with E-state index in [9.17, 15) is 4.57 Å². The molecule has 2 aromatic rings. The molecule has 232 valence electrons. The molecule has 0 aliphatic heterocycles. The van der Waals surface area contributed by atoms with Gasteiger partial charge in [-0.05, 0) is 61.1 Å². The van der Waals surface area contributed by atoms with Crippen LogP contribution in [0.15, 0.2) is 84.0 Å². The maximum Gasteiger partial charge on any atom is 0.192 e. The smallest absolute Gasteiger partial charge is 0.192 e. The maximum absolute atomic E-state index is 14.8. The van der Waals surface area contributed by atoms with Crippen LogP contribution in [0, 0.1) is 0 Å². The lowest BCUT2D eigenvalue weighted by Crippen LogP contribution is -2.50. The molecule has 1 aliphatic carbocycles. The number of rotatable bonds is 10. The third-order valence-corrected chi connectivity index (χ3v) is 21.7. The van der Waals surface area contributed by atoms with Gasteiger partial charge in [0, 0.05) is 16.8 Å². The van der Waals surface area contributed by atoms with E-state index < -0.39 is 23.8 Å². The monoisotopic (exact) mass is 624 g/mol. The van der Waals surface area contributed by atoms with Gasteiger partial charge >= 0.3 is 0 Å². The third-order valence-electron chi connectivity index (χ3n) is 9.78. The summed E-state index contributed by atoms with van der Waals surface area (Å²) in [5, 5.41) is 2.04. The first-order valence-corrected chi connectivity index (χ1v) is 23.6. The van der Waals surface area contributed by atoms with Crippen molar-refractivity contribution in [3.05, 3.63) is 84.0 Å². The summed E-state index contributed by atoms with van der Waals surface area (Å²) in [4.78, 5) is 0. The Morgan fingerprint density at radius 1 is 0.738 bits per heavy atom. The first-order valence-electron chi connectivity index (χ1n) is 15.8. The van der Waals surface area contributed by atoms with Gasteiger partial charge in [-0.3, -0.25) is 0 Å². The van der Waals surface area contributed by atoms with Crippen molar-refractivity contribution in [1.82, 2.24) is 0 Å². The van der Waals surface area contributed by atoms with E-state index in [0.717, 1.165) is 36.3 Å². The van der Waals surface area contributed by atoms with E-state index in [1.807, 2.05) is 60.7 Å². The number of hydrogen-bond donors (Lipinski definition) is 0. The van der Waals surface area contributed by atoms with Crippen molar-refractivity contribution < 1.29 is 13.4 Å². The van der Waals surface area contributed by atoms with Crippen LogP contribution in [0.2, 0.25) is 36.3 Å². The molecule has 2 atom stereocenters. The lowest BCUT2D eigenvalue weighted by molar-refractivity contribution is 0.131. The van der Waals surface area contributed by atoms with Crippen LogP contribution in [0.25, 0.3) is 0 Å². The second-order valence-electron chi connectivity index (χ2n) is 15.1. The van der Waals surface area contributed by atoms with Crippen LogP contribution in [-0.4, -0.2) is 35.0 Å². The zero-order valence-corrected chi connectivity index (χ0v) is 31.2. The van der Waals surface area contributed by atoms with Crippen LogP contribution in [0.3, 0.4) is 0 Å². The Morgan fingerprint density at radius 2 is 1.14 bits per heavy atom. The molecule has 1 fully saturated rings. The van der Waals surface area contributed by atoms with Gasteiger partial charge in [0.25, 0.3) is 0 Å². The van der Waals surface area contributed by atoms with Gasteiger partial charge in [-0.25, -0.2) is 0 Å². The van der Waals surface area contributed by atoms with E-state index in [1.54, 1.807) is 0 Å². The predicted molar refractivity (Wildman–Crippen MR) is 189 cm³/mol. The van der Waals surface area contributed by atoms with Gasteiger partial charge in [-0.15, -0.1) is 0 Å². The highest BCUT2D eigenvalue weighted by Gasteiger charge is 2.45. The molecule has 3 nitrogen and oxygen atoms in total. The zero-order valence-electron chi connectivity index (χ0n) is 28.3. The highest BCUT2D eigenvalue weighted by Crippen LogP contribution is 2.47. The average Bonchev–Trinajstić information content (AvgIpc) is 2.90. The first-order chi connectivity index (χ1) is 19.4. The second kappa shape index (κ2) is 13.6. The fourth-order valence-electron chi connectivity index (χ4n) is 4.98. The maximum atomic E-state index is 14.8. The molecule has 42 heavy (non-hydrogen) atoms. The van der Waals surface area contributed by atoms with Gasteiger partial charge in [-0.1, -0.05) is 133 Å². The van der Waals surface area contributed by atoms with E-state index in [4.69, 9.17) is 8.85 Å². The molecule has 0 radical (unpaired) electrons. The van der Waals surface area contributed by atoms with Gasteiger partial charge in [0.15, 0.2) is 16.6 Å². The molecule has 0 aromatic heterocycles. The molecule has 0 N–H and O–H groups in total. The molecule has 0 spiro atoms. The minimum Gasteiger partial charge on any atom is -0.410 e. The highest BCUT2D eigenvalue weighted by atomic mass is 31.2. The standard InChI is InChI=1S/C36H57O3PSi2/c1-12-13-24-32-33(38-41(8,9)35(2,3)4)27-29(28-34(32)39-42(10,11)36(5,6)7)25-26-40(37,30-20-16-14-17-21-30)31-22-18-15-19-23-31/h14-25,33-34H,12-13,26-28H2,1-11H3/t33-,34-/m1/s1. The number of hydrogen-bond acceptors (Lipinski definition) is 3. The zero-order chi connectivity index (χ0) is 31.4. The summed E-state index contributed by atoms with van der Waals surface area (Å²) in [5.41, 5.74) is 2.64. The number of allylic oxidation sites excluding steroid dienone is 2. The summed E-state index contributed by atoms with van der Waals surface area (Å²) < 4.78 is 29.3. The SMILES string of the molecule is CCCC=C1[C@H](O[Si](C)(C)C(C)(C)C)CC(=CCP(=O)(c2ccccc2)c2ccccc2)C[C@H]1O[Si](C)(C)C(C)(C)C. The molecule has 0 heterocycles. The van der Waals surface area contributed by atoms with E-state index in [-0.39, 0.29) is 22.3 Å². The molecule has 6 heteroatoms. The summed E-state index contributed by atoms with van der Waals surface area (Å²) in [7, 11) is -6.97. The normalized spacial score (nSPS) is 19.1. The summed E-state index contributed by atoms with van der Waals surface area (Å²) in [6.45, 7) is 25.5. The summed E-state index contributed by atoms with van der Waals surface area (Å²) in [6, 6.07) is 20.0. The quantitative estimate of drug-likeness (QED) is 0.150. The van der Waals surface area contributed by atoms with Crippen molar-refractivity contribution in [3.63, 3.8) is 0 Å². The predicted octanol–water partition coefficient (Wildman–Crippen LogP) is 10.2. The molecule has 0 amide bonds. The fourth-order valence-corrected chi connectivity index (χ4v) is 10.1. The van der Waals surface area contributed by atoms with Crippen LogP contribution in [-0.2, 0) is 13.4 Å². The first kappa shape index (κ1) is 35.0. The molecule has 0 saturated heterocycles. The van der Waals surface area contributed by atoms with Crippen molar-refractivity contribution in [2.24, 2.45) is 0 Å². The van der Waals surface area contributed by atoms with E-state index in [2.05, 4.69) is 86.8 Å². The minimum absolute atomic E-state index is 0.0138. The van der Waals surface area contributed by atoms with Crippen LogP contribution < -0.4 is 10.6 Å². The Balaban J connectivity index is 2.09. The van der Waals surface area contributed by atoms with E-state index in [1.165, 1.54) is 11.1 Å². The summed E-state index contributed by atoms with van der Waals surface area (Å²) in [5.74, 6) is 0. The van der Waals surface area contributed by atoms with Crippen LogP contribution in [0.5, 0.6) is 0 Å². The average molecular weight is 625 g/mol. The van der Waals surface area contributed by atoms with Gasteiger partial charge in [0.2, 0.25) is 0 Å². The van der Waals surface area contributed by atoms with Gasteiger partial charge < -0.3 is 13.4 Å². The lowest BCUT2D eigenvalue weighted by atomic mass is 9.85. The van der Waals surface area contributed by atoms with E-state index >= 15 is 0 Å². The topological polar surface area (TPSA) is 35.5 Å². The number of unbranched alkanes of at least 4 members (excludes halogenated alkanes) is 1. The minimum atomic E-state index is -2.85. The van der Waals surface area contributed by atoms with Crippen LogP contribution >= 0.6 is 7.14 Å². The second-order valence-corrected chi connectivity index (χ2v) is 27.5. The Labute approximate surface area is 259 Å². The third kappa shape index (κ3) is 8.36. The Hall–Kier alpha value is -1.50. The Morgan fingerprint density at radius 3 is 1.50 bits per heavy atom. The lowest BCUT2D eigenvalue weighted by Gasteiger charge is -2.46. The van der Waals surface area contributed by atoms with Crippen LogP contribution in [0.1, 0.15) is 74.1 Å².